The van der Waals surface area contributed by atoms with E-state index >= 15 is 0 Å². The van der Waals surface area contributed by atoms with E-state index in [4.69, 9.17) is 9.47 Å². The van der Waals surface area contributed by atoms with Crippen LogP contribution in [0.3, 0.4) is 0 Å². The molecule has 4 fully saturated rings. The molecule has 4 aliphatic carbocycles. The van der Waals surface area contributed by atoms with Crippen molar-refractivity contribution in [2.24, 2.45) is 46.3 Å². The molecule has 0 radical (unpaired) electrons. The molecule has 0 aliphatic heterocycles. The zero-order chi connectivity index (χ0) is 22.6. The normalized spacial score (nSPS) is 47.5. The van der Waals surface area contributed by atoms with Crippen molar-refractivity contribution in [2.75, 3.05) is 0 Å². The Morgan fingerprint density at radius 2 is 1.65 bits per heavy atom. The molecule has 0 N–H and O–H groups in total. The maximum atomic E-state index is 12.2. The first-order valence-corrected chi connectivity index (χ1v) is 13.0. The molecule has 4 rings (SSSR count). The number of rotatable bonds is 4. The minimum absolute atomic E-state index is 0.0412. The van der Waals surface area contributed by atoms with Crippen LogP contribution in [0.1, 0.15) is 99.3 Å². The topological polar surface area (TPSA) is 52.6 Å². The third kappa shape index (κ3) is 3.74. The molecule has 4 aliphatic rings. The first-order valence-electron chi connectivity index (χ1n) is 13.0. The minimum atomic E-state index is -0.146. The largest absolute Gasteiger partial charge is 0.463 e. The Bertz CT molecular complexity index is 703. The lowest BCUT2D eigenvalue weighted by Crippen LogP contribution is -2.59. The lowest BCUT2D eigenvalue weighted by molar-refractivity contribution is -0.197. The SMILES string of the molecule is CC[C@@H](C)[C@H]1CC[C@H]2[C@@H]3CCC4CC(OC(C)=O)CC[C@]4(C)[C@H]3CC(OC(C)=O)[C@]12C. The highest BCUT2D eigenvalue weighted by atomic mass is 16.5. The summed E-state index contributed by atoms with van der Waals surface area (Å²) in [6, 6.07) is 0. The Hall–Kier alpha value is -1.06. The third-order valence-electron chi connectivity index (χ3n) is 10.7. The van der Waals surface area contributed by atoms with Crippen LogP contribution in [-0.2, 0) is 19.1 Å². The van der Waals surface area contributed by atoms with Crippen molar-refractivity contribution in [3.63, 3.8) is 0 Å². The number of carbonyl (C=O) groups excluding carboxylic acids is 2. The van der Waals surface area contributed by atoms with Crippen LogP contribution in [0.2, 0.25) is 0 Å². The molecule has 3 unspecified atom stereocenters. The van der Waals surface area contributed by atoms with Crippen molar-refractivity contribution in [3.8, 4) is 0 Å². The van der Waals surface area contributed by atoms with E-state index < -0.39 is 0 Å². The summed E-state index contributed by atoms with van der Waals surface area (Å²) in [5.74, 6) is 3.70. The highest BCUT2D eigenvalue weighted by Crippen LogP contribution is 2.69. The van der Waals surface area contributed by atoms with Gasteiger partial charge in [0.1, 0.15) is 12.2 Å². The first-order chi connectivity index (χ1) is 14.6. The summed E-state index contributed by atoms with van der Waals surface area (Å²) < 4.78 is 11.8. The summed E-state index contributed by atoms with van der Waals surface area (Å²) in [6.45, 7) is 12.8. The number of hydrogen-bond acceptors (Lipinski definition) is 4. The first kappa shape index (κ1) is 23.1. The zero-order valence-electron chi connectivity index (χ0n) is 20.6. The van der Waals surface area contributed by atoms with Crippen molar-refractivity contribution in [3.05, 3.63) is 0 Å². The maximum Gasteiger partial charge on any atom is 0.302 e. The van der Waals surface area contributed by atoms with Gasteiger partial charge in [0.15, 0.2) is 0 Å². The van der Waals surface area contributed by atoms with Crippen molar-refractivity contribution >= 4 is 11.9 Å². The van der Waals surface area contributed by atoms with Gasteiger partial charge in [0.25, 0.3) is 0 Å². The van der Waals surface area contributed by atoms with Crippen LogP contribution in [0.5, 0.6) is 0 Å². The van der Waals surface area contributed by atoms with E-state index in [1.54, 1.807) is 6.92 Å². The van der Waals surface area contributed by atoms with Crippen molar-refractivity contribution in [2.45, 2.75) is 112 Å². The Morgan fingerprint density at radius 3 is 2.29 bits per heavy atom. The lowest BCUT2D eigenvalue weighted by Gasteiger charge is -2.62. The molecule has 0 aromatic heterocycles. The molecule has 4 saturated carbocycles. The quantitative estimate of drug-likeness (QED) is 0.499. The van der Waals surface area contributed by atoms with Crippen LogP contribution in [0, 0.1) is 46.3 Å². The number of carbonyl (C=O) groups is 2. The van der Waals surface area contributed by atoms with Gasteiger partial charge in [-0.2, -0.15) is 0 Å². The van der Waals surface area contributed by atoms with E-state index in [1.165, 1.54) is 39.0 Å². The Labute approximate surface area is 189 Å². The number of hydrogen-bond donors (Lipinski definition) is 0. The Balaban J connectivity index is 1.63. The summed E-state index contributed by atoms with van der Waals surface area (Å²) >= 11 is 0. The summed E-state index contributed by atoms with van der Waals surface area (Å²) in [5.41, 5.74) is 0.383. The van der Waals surface area contributed by atoms with Crippen LogP contribution >= 0.6 is 0 Å². The summed E-state index contributed by atoms with van der Waals surface area (Å²) in [6.07, 6.45) is 10.6. The summed E-state index contributed by atoms with van der Waals surface area (Å²) in [5, 5.41) is 0. The Kier molecular flexibility index (Phi) is 6.24. The molecule has 176 valence electrons. The second-order valence-electron chi connectivity index (χ2n) is 11.9. The second-order valence-corrected chi connectivity index (χ2v) is 11.9. The van der Waals surface area contributed by atoms with Gasteiger partial charge in [-0.1, -0.05) is 34.1 Å². The molecule has 0 amide bonds. The number of ether oxygens (including phenoxy) is 2. The van der Waals surface area contributed by atoms with Crippen LogP contribution in [0.25, 0.3) is 0 Å². The van der Waals surface area contributed by atoms with Gasteiger partial charge in [-0.05, 0) is 92.3 Å². The van der Waals surface area contributed by atoms with Crippen molar-refractivity contribution in [1.29, 1.82) is 0 Å². The van der Waals surface area contributed by atoms with E-state index in [2.05, 4.69) is 27.7 Å². The Morgan fingerprint density at radius 1 is 0.935 bits per heavy atom. The lowest BCUT2D eigenvalue weighted by atomic mass is 9.43. The molecule has 4 nitrogen and oxygen atoms in total. The fourth-order valence-electron chi connectivity index (χ4n) is 9.12. The third-order valence-corrected chi connectivity index (χ3v) is 10.7. The molecule has 31 heavy (non-hydrogen) atoms. The van der Waals surface area contributed by atoms with Crippen LogP contribution < -0.4 is 0 Å². The average molecular weight is 433 g/mol. The zero-order valence-corrected chi connectivity index (χ0v) is 20.6. The summed E-state index contributed by atoms with van der Waals surface area (Å²) in [4.78, 5) is 23.7. The molecular formula is C27H44O4. The molecule has 10 atom stereocenters. The molecule has 0 spiro atoms. The van der Waals surface area contributed by atoms with Gasteiger partial charge in [0.2, 0.25) is 0 Å². The molecule has 4 heteroatoms. The fourth-order valence-corrected chi connectivity index (χ4v) is 9.12. The van der Waals surface area contributed by atoms with Crippen molar-refractivity contribution < 1.29 is 19.1 Å². The number of fused-ring (bicyclic) bond motifs is 5. The molecule has 0 saturated heterocycles. The second kappa shape index (κ2) is 8.37. The van der Waals surface area contributed by atoms with Gasteiger partial charge in [0.05, 0.1) is 0 Å². The smallest absolute Gasteiger partial charge is 0.302 e. The van der Waals surface area contributed by atoms with Crippen LogP contribution in [0.4, 0.5) is 0 Å². The maximum absolute atomic E-state index is 12.2. The predicted octanol–water partition coefficient (Wildman–Crippen LogP) is 6.16. The van der Waals surface area contributed by atoms with E-state index in [0.717, 1.165) is 31.6 Å². The van der Waals surface area contributed by atoms with Gasteiger partial charge in [-0.3, -0.25) is 9.59 Å². The standard InChI is InChI=1S/C27H44O4/c1-7-16(2)22-10-11-23-21-9-8-19-14-20(30-17(3)28)12-13-26(19,5)24(21)15-25(27(22,23)6)31-18(4)29/h16,19-25H,7-15H2,1-6H3/t16-,19?,20?,21+,22-,23+,24+,25?,26+,27-/m1/s1. The van der Waals surface area contributed by atoms with Crippen LogP contribution in [0.15, 0.2) is 0 Å². The predicted molar refractivity (Wildman–Crippen MR) is 121 cm³/mol. The van der Waals surface area contributed by atoms with Gasteiger partial charge >= 0.3 is 11.9 Å². The highest BCUT2D eigenvalue weighted by Gasteiger charge is 2.65. The summed E-state index contributed by atoms with van der Waals surface area (Å²) in [7, 11) is 0. The molecule has 0 aromatic carbocycles. The van der Waals surface area contributed by atoms with E-state index in [-0.39, 0.29) is 35.0 Å². The molecule has 0 heterocycles. The number of esters is 2. The van der Waals surface area contributed by atoms with Crippen molar-refractivity contribution in [1.82, 2.24) is 0 Å². The molecule has 0 bridgehead atoms. The van der Waals surface area contributed by atoms with E-state index in [9.17, 15) is 9.59 Å². The van der Waals surface area contributed by atoms with E-state index in [1.807, 2.05) is 0 Å². The van der Waals surface area contributed by atoms with Gasteiger partial charge in [-0.25, -0.2) is 0 Å². The van der Waals surface area contributed by atoms with Gasteiger partial charge < -0.3 is 9.47 Å². The monoisotopic (exact) mass is 432 g/mol. The average Bonchev–Trinajstić information content (AvgIpc) is 3.06. The minimum Gasteiger partial charge on any atom is -0.463 e. The highest BCUT2D eigenvalue weighted by molar-refractivity contribution is 5.66. The molecular weight excluding hydrogens is 388 g/mol. The van der Waals surface area contributed by atoms with Crippen LogP contribution in [-0.4, -0.2) is 24.1 Å². The molecule has 0 aromatic rings. The van der Waals surface area contributed by atoms with E-state index in [0.29, 0.717) is 29.6 Å². The van der Waals surface area contributed by atoms with Gasteiger partial charge in [-0.15, -0.1) is 0 Å². The fraction of sp³-hybridized carbons (Fsp3) is 0.926. The van der Waals surface area contributed by atoms with Gasteiger partial charge in [0, 0.05) is 19.3 Å².